The number of rotatable bonds is 4. The predicted octanol–water partition coefficient (Wildman–Crippen LogP) is 4.92. The van der Waals surface area contributed by atoms with Gasteiger partial charge in [0.05, 0.1) is 0 Å². The van der Waals surface area contributed by atoms with Gasteiger partial charge in [-0.2, -0.15) is 0 Å². The van der Waals surface area contributed by atoms with Crippen LogP contribution in [0.3, 0.4) is 0 Å². The van der Waals surface area contributed by atoms with Gasteiger partial charge in [0.1, 0.15) is 5.78 Å². The zero-order chi connectivity index (χ0) is 14.7. The van der Waals surface area contributed by atoms with Gasteiger partial charge in [-0.1, -0.05) is 65.8 Å². The molecule has 0 N–H and O–H groups in total. The van der Waals surface area contributed by atoms with E-state index < -0.39 is 0 Å². The summed E-state index contributed by atoms with van der Waals surface area (Å²) in [5, 5.41) is 0. The standard InChI is InChI=1S/C18H28O/c1-17(2,3)12-11-16(19)13-14-7-9-15(10-8-14)18(4,5)6/h7-10H,11-13H2,1-6H3. The number of carbonyl (C=O) groups is 1. The van der Waals surface area contributed by atoms with Gasteiger partial charge in [-0.3, -0.25) is 4.79 Å². The van der Waals surface area contributed by atoms with Crippen LogP contribution in [-0.4, -0.2) is 5.78 Å². The predicted molar refractivity (Wildman–Crippen MR) is 82.5 cm³/mol. The summed E-state index contributed by atoms with van der Waals surface area (Å²) in [7, 11) is 0. The molecule has 0 saturated heterocycles. The summed E-state index contributed by atoms with van der Waals surface area (Å²) in [5.74, 6) is 0.346. The summed E-state index contributed by atoms with van der Waals surface area (Å²) in [5.41, 5.74) is 2.87. The highest BCUT2D eigenvalue weighted by atomic mass is 16.1. The molecule has 0 fully saturated rings. The molecule has 1 heteroatoms. The van der Waals surface area contributed by atoms with Crippen molar-refractivity contribution in [2.24, 2.45) is 5.41 Å². The summed E-state index contributed by atoms with van der Waals surface area (Å²) in [6, 6.07) is 8.48. The summed E-state index contributed by atoms with van der Waals surface area (Å²) in [4.78, 5) is 11.9. The molecule has 0 heterocycles. The summed E-state index contributed by atoms with van der Waals surface area (Å²) >= 11 is 0. The molecule has 0 spiro atoms. The Kier molecular flexibility index (Phi) is 4.95. The molecule has 0 bridgehead atoms. The van der Waals surface area contributed by atoms with Crippen molar-refractivity contribution < 1.29 is 4.79 Å². The molecule has 0 unspecified atom stereocenters. The molecule has 0 amide bonds. The van der Waals surface area contributed by atoms with E-state index in [-0.39, 0.29) is 10.8 Å². The number of ketones is 1. The molecule has 0 aliphatic rings. The van der Waals surface area contributed by atoms with Crippen LogP contribution in [0, 0.1) is 5.41 Å². The van der Waals surface area contributed by atoms with Crippen molar-refractivity contribution in [3.05, 3.63) is 35.4 Å². The third kappa shape index (κ3) is 6.04. The van der Waals surface area contributed by atoms with Gasteiger partial charge in [0.15, 0.2) is 0 Å². The third-order valence-electron chi connectivity index (χ3n) is 3.38. The minimum absolute atomic E-state index is 0.175. The molecule has 0 atom stereocenters. The Morgan fingerprint density at radius 1 is 0.947 bits per heavy atom. The molecule has 106 valence electrons. The maximum Gasteiger partial charge on any atom is 0.137 e. The van der Waals surface area contributed by atoms with Crippen LogP contribution in [-0.2, 0) is 16.6 Å². The van der Waals surface area contributed by atoms with Crippen molar-refractivity contribution in [2.45, 2.75) is 66.2 Å². The monoisotopic (exact) mass is 260 g/mol. The largest absolute Gasteiger partial charge is 0.299 e. The molecule has 0 aliphatic carbocycles. The van der Waals surface area contributed by atoms with Crippen molar-refractivity contribution in [3.63, 3.8) is 0 Å². The molecule has 1 rings (SSSR count). The smallest absolute Gasteiger partial charge is 0.137 e. The van der Waals surface area contributed by atoms with E-state index in [0.29, 0.717) is 18.6 Å². The second kappa shape index (κ2) is 5.90. The Hall–Kier alpha value is -1.11. The second-order valence-electron chi connectivity index (χ2n) is 7.72. The Morgan fingerprint density at radius 2 is 1.47 bits per heavy atom. The van der Waals surface area contributed by atoms with Crippen molar-refractivity contribution in [3.8, 4) is 0 Å². The highest BCUT2D eigenvalue weighted by molar-refractivity contribution is 5.80. The number of hydrogen-bond donors (Lipinski definition) is 0. The van der Waals surface area contributed by atoms with Crippen molar-refractivity contribution in [2.75, 3.05) is 0 Å². The van der Waals surface area contributed by atoms with Crippen molar-refractivity contribution >= 4 is 5.78 Å². The van der Waals surface area contributed by atoms with Crippen LogP contribution in [0.5, 0.6) is 0 Å². The fourth-order valence-corrected chi connectivity index (χ4v) is 1.95. The highest BCUT2D eigenvalue weighted by Gasteiger charge is 2.15. The first-order valence-corrected chi connectivity index (χ1v) is 7.19. The van der Waals surface area contributed by atoms with E-state index in [9.17, 15) is 4.79 Å². The average Bonchev–Trinajstić information content (AvgIpc) is 2.25. The van der Waals surface area contributed by atoms with E-state index in [2.05, 4.69) is 65.8 Å². The molecular weight excluding hydrogens is 232 g/mol. The van der Waals surface area contributed by atoms with Gasteiger partial charge in [0.2, 0.25) is 0 Å². The Balaban J connectivity index is 2.56. The van der Waals surface area contributed by atoms with E-state index >= 15 is 0 Å². The molecule has 1 aromatic rings. The lowest BCUT2D eigenvalue weighted by Gasteiger charge is -2.19. The first kappa shape index (κ1) is 15.9. The summed E-state index contributed by atoms with van der Waals surface area (Å²) in [6.45, 7) is 13.2. The van der Waals surface area contributed by atoms with Crippen LogP contribution in [0.4, 0.5) is 0 Å². The van der Waals surface area contributed by atoms with E-state index in [1.54, 1.807) is 0 Å². The maximum absolute atomic E-state index is 11.9. The minimum atomic E-state index is 0.175. The lowest BCUT2D eigenvalue weighted by molar-refractivity contribution is -0.118. The van der Waals surface area contributed by atoms with Gasteiger partial charge in [-0.05, 0) is 28.4 Å². The van der Waals surface area contributed by atoms with Gasteiger partial charge >= 0.3 is 0 Å². The molecule has 19 heavy (non-hydrogen) atoms. The molecule has 0 radical (unpaired) electrons. The molecule has 1 aromatic carbocycles. The Bertz CT molecular complexity index is 412. The molecule has 0 saturated carbocycles. The number of carbonyl (C=O) groups excluding carboxylic acids is 1. The number of hydrogen-bond acceptors (Lipinski definition) is 1. The average molecular weight is 260 g/mol. The van der Waals surface area contributed by atoms with Crippen LogP contribution in [0.25, 0.3) is 0 Å². The first-order chi connectivity index (χ1) is 8.58. The van der Waals surface area contributed by atoms with Crippen molar-refractivity contribution in [1.82, 2.24) is 0 Å². The van der Waals surface area contributed by atoms with Crippen LogP contribution < -0.4 is 0 Å². The fourth-order valence-electron chi connectivity index (χ4n) is 1.95. The molecular formula is C18H28O. The third-order valence-corrected chi connectivity index (χ3v) is 3.38. The normalized spacial score (nSPS) is 12.5. The zero-order valence-corrected chi connectivity index (χ0v) is 13.3. The lowest BCUT2D eigenvalue weighted by atomic mass is 9.86. The molecule has 0 aliphatic heterocycles. The van der Waals surface area contributed by atoms with Gasteiger partial charge in [-0.15, -0.1) is 0 Å². The van der Waals surface area contributed by atoms with E-state index in [4.69, 9.17) is 0 Å². The molecule has 0 aromatic heterocycles. The van der Waals surface area contributed by atoms with Crippen LogP contribution in [0.1, 0.15) is 65.5 Å². The fraction of sp³-hybridized carbons (Fsp3) is 0.611. The molecule has 1 nitrogen and oxygen atoms in total. The Morgan fingerprint density at radius 3 is 1.89 bits per heavy atom. The Labute approximate surface area is 118 Å². The van der Waals surface area contributed by atoms with Gasteiger partial charge in [0, 0.05) is 12.8 Å². The van der Waals surface area contributed by atoms with E-state index in [1.807, 2.05) is 0 Å². The van der Waals surface area contributed by atoms with Crippen molar-refractivity contribution in [1.29, 1.82) is 0 Å². The summed E-state index contributed by atoms with van der Waals surface area (Å²) in [6.07, 6.45) is 2.22. The van der Waals surface area contributed by atoms with Crippen LogP contribution in [0.2, 0.25) is 0 Å². The first-order valence-electron chi connectivity index (χ1n) is 7.19. The van der Waals surface area contributed by atoms with Crippen LogP contribution >= 0.6 is 0 Å². The number of benzene rings is 1. The quantitative estimate of drug-likeness (QED) is 0.750. The zero-order valence-electron chi connectivity index (χ0n) is 13.3. The van der Waals surface area contributed by atoms with Crippen LogP contribution in [0.15, 0.2) is 24.3 Å². The lowest BCUT2D eigenvalue weighted by Crippen LogP contribution is -2.12. The highest BCUT2D eigenvalue weighted by Crippen LogP contribution is 2.23. The topological polar surface area (TPSA) is 17.1 Å². The van der Waals surface area contributed by atoms with Gasteiger partial charge in [-0.25, -0.2) is 0 Å². The van der Waals surface area contributed by atoms with E-state index in [1.165, 1.54) is 5.56 Å². The van der Waals surface area contributed by atoms with E-state index in [0.717, 1.165) is 12.0 Å². The SMILES string of the molecule is CC(C)(C)CCC(=O)Cc1ccc(C(C)(C)C)cc1. The second-order valence-corrected chi connectivity index (χ2v) is 7.72. The van der Waals surface area contributed by atoms with Gasteiger partial charge in [0.25, 0.3) is 0 Å². The number of Topliss-reactive ketones (excluding diaryl/α,β-unsaturated/α-hetero) is 1. The van der Waals surface area contributed by atoms with Gasteiger partial charge < -0.3 is 0 Å². The minimum Gasteiger partial charge on any atom is -0.299 e. The summed E-state index contributed by atoms with van der Waals surface area (Å²) < 4.78 is 0. The maximum atomic E-state index is 11.9.